The summed E-state index contributed by atoms with van der Waals surface area (Å²) in [5, 5.41) is 2.89. The van der Waals surface area contributed by atoms with Crippen molar-refractivity contribution < 1.29 is 8.78 Å². The number of anilines is 3. The second kappa shape index (κ2) is 4.94. The molecule has 0 spiro atoms. The molecule has 0 atom stereocenters. The van der Waals surface area contributed by atoms with Crippen LogP contribution in [0.1, 0.15) is 5.56 Å². The zero-order chi connectivity index (χ0) is 13.3. The van der Waals surface area contributed by atoms with Crippen LogP contribution in [0.15, 0.2) is 34.8 Å². The normalized spacial score (nSPS) is 10.4. The van der Waals surface area contributed by atoms with Crippen LogP contribution in [0.3, 0.4) is 0 Å². The number of hydrogen-bond acceptors (Lipinski definition) is 2. The monoisotopic (exact) mass is 312 g/mol. The Morgan fingerprint density at radius 3 is 2.56 bits per heavy atom. The largest absolute Gasteiger partial charge is 0.395 e. The maximum Gasteiger partial charge on any atom is 0.151 e. The van der Waals surface area contributed by atoms with E-state index in [1.54, 1.807) is 0 Å². The summed E-state index contributed by atoms with van der Waals surface area (Å²) in [5.41, 5.74) is 7.43. The van der Waals surface area contributed by atoms with Crippen LogP contribution in [-0.4, -0.2) is 0 Å². The molecule has 2 rings (SSSR count). The van der Waals surface area contributed by atoms with Crippen molar-refractivity contribution in [3.63, 3.8) is 0 Å². The average molecular weight is 313 g/mol. The number of nitrogen functional groups attached to an aromatic ring is 1. The Labute approximate surface area is 112 Å². The lowest BCUT2D eigenvalue weighted by molar-refractivity contribution is 0.587. The molecule has 0 fully saturated rings. The third kappa shape index (κ3) is 2.61. The van der Waals surface area contributed by atoms with E-state index < -0.39 is 11.6 Å². The smallest absolute Gasteiger partial charge is 0.151 e. The first kappa shape index (κ1) is 12.8. The zero-order valence-electron chi connectivity index (χ0n) is 9.60. The minimum atomic E-state index is -0.774. The van der Waals surface area contributed by atoms with Gasteiger partial charge in [0.2, 0.25) is 0 Å². The van der Waals surface area contributed by atoms with E-state index in [1.807, 2.05) is 25.1 Å². The van der Waals surface area contributed by atoms with Crippen molar-refractivity contribution in [2.45, 2.75) is 6.92 Å². The molecule has 0 aliphatic rings. The standard InChI is InChI=1S/C13H11BrF2N2/c1-7-2-3-9(6-10(7)14)18-12-5-8(15)4-11(16)13(12)17/h2-6,18H,17H2,1H3. The highest BCUT2D eigenvalue weighted by Crippen LogP contribution is 2.28. The first-order chi connectivity index (χ1) is 8.47. The van der Waals surface area contributed by atoms with Gasteiger partial charge in [-0.05, 0) is 30.7 Å². The van der Waals surface area contributed by atoms with Crippen LogP contribution in [0.5, 0.6) is 0 Å². The summed E-state index contributed by atoms with van der Waals surface area (Å²) in [5.74, 6) is -1.45. The molecule has 2 aromatic carbocycles. The fourth-order valence-electron chi connectivity index (χ4n) is 1.51. The molecule has 3 N–H and O–H groups in total. The Morgan fingerprint density at radius 1 is 1.17 bits per heavy atom. The molecule has 2 nitrogen and oxygen atoms in total. The van der Waals surface area contributed by atoms with E-state index in [2.05, 4.69) is 21.2 Å². The van der Waals surface area contributed by atoms with Crippen LogP contribution < -0.4 is 11.1 Å². The van der Waals surface area contributed by atoms with Gasteiger partial charge in [0.25, 0.3) is 0 Å². The second-order valence-electron chi connectivity index (χ2n) is 3.94. The first-order valence-corrected chi connectivity index (χ1v) is 6.04. The molecule has 94 valence electrons. The van der Waals surface area contributed by atoms with Crippen LogP contribution in [0.2, 0.25) is 0 Å². The first-order valence-electron chi connectivity index (χ1n) is 5.25. The number of rotatable bonds is 2. The number of nitrogens with two attached hydrogens (primary N) is 1. The van der Waals surface area contributed by atoms with Crippen LogP contribution >= 0.6 is 15.9 Å². The summed E-state index contributed by atoms with van der Waals surface area (Å²) in [7, 11) is 0. The molecular formula is C13H11BrF2N2. The van der Waals surface area contributed by atoms with Gasteiger partial charge in [0.1, 0.15) is 5.82 Å². The Bertz CT molecular complexity index is 600. The van der Waals surface area contributed by atoms with Crippen molar-refractivity contribution in [1.82, 2.24) is 0 Å². The SMILES string of the molecule is Cc1ccc(Nc2cc(F)cc(F)c2N)cc1Br. The summed E-state index contributed by atoms with van der Waals surface area (Å²) in [4.78, 5) is 0. The Morgan fingerprint density at radius 2 is 1.89 bits per heavy atom. The highest BCUT2D eigenvalue weighted by Gasteiger charge is 2.08. The van der Waals surface area contributed by atoms with Gasteiger partial charge in [0.15, 0.2) is 5.82 Å². The molecule has 0 saturated heterocycles. The zero-order valence-corrected chi connectivity index (χ0v) is 11.2. The number of aryl methyl sites for hydroxylation is 1. The molecule has 0 heterocycles. The fraction of sp³-hybridized carbons (Fsp3) is 0.0769. The molecule has 0 bridgehead atoms. The van der Waals surface area contributed by atoms with Crippen LogP contribution in [-0.2, 0) is 0 Å². The Hall–Kier alpha value is -1.62. The highest BCUT2D eigenvalue weighted by molar-refractivity contribution is 9.10. The minimum absolute atomic E-state index is 0.104. The van der Waals surface area contributed by atoms with Gasteiger partial charge < -0.3 is 11.1 Å². The minimum Gasteiger partial charge on any atom is -0.395 e. The molecule has 0 unspecified atom stereocenters. The molecular weight excluding hydrogens is 302 g/mol. The van der Waals surface area contributed by atoms with Crippen molar-refractivity contribution in [3.05, 3.63) is 52.0 Å². The van der Waals surface area contributed by atoms with E-state index in [4.69, 9.17) is 5.73 Å². The highest BCUT2D eigenvalue weighted by atomic mass is 79.9. The van der Waals surface area contributed by atoms with Crippen molar-refractivity contribution in [2.75, 3.05) is 11.1 Å². The van der Waals surface area contributed by atoms with Gasteiger partial charge in [0, 0.05) is 16.2 Å². The van der Waals surface area contributed by atoms with Gasteiger partial charge in [-0.25, -0.2) is 8.78 Å². The number of halogens is 3. The summed E-state index contributed by atoms with van der Waals surface area (Å²) in [6.07, 6.45) is 0. The van der Waals surface area contributed by atoms with E-state index in [0.717, 1.165) is 22.2 Å². The van der Waals surface area contributed by atoms with Gasteiger partial charge in [-0.3, -0.25) is 0 Å². The van der Waals surface area contributed by atoms with Crippen molar-refractivity contribution in [1.29, 1.82) is 0 Å². The summed E-state index contributed by atoms with van der Waals surface area (Å²) in [6, 6.07) is 7.43. The van der Waals surface area contributed by atoms with Crippen LogP contribution in [0.4, 0.5) is 25.8 Å². The molecule has 18 heavy (non-hydrogen) atoms. The summed E-state index contributed by atoms with van der Waals surface area (Å²) < 4.78 is 27.3. The fourth-order valence-corrected chi connectivity index (χ4v) is 1.89. The quantitative estimate of drug-likeness (QED) is 0.808. The van der Waals surface area contributed by atoms with E-state index in [9.17, 15) is 8.78 Å². The third-order valence-electron chi connectivity index (χ3n) is 2.55. The average Bonchev–Trinajstić information content (AvgIpc) is 2.30. The van der Waals surface area contributed by atoms with E-state index in [-0.39, 0.29) is 11.4 Å². The topological polar surface area (TPSA) is 38.0 Å². The molecule has 5 heteroatoms. The summed E-state index contributed by atoms with van der Waals surface area (Å²) >= 11 is 3.39. The number of benzene rings is 2. The van der Waals surface area contributed by atoms with E-state index >= 15 is 0 Å². The molecule has 0 saturated carbocycles. The molecule has 2 aromatic rings. The van der Waals surface area contributed by atoms with Crippen molar-refractivity contribution in [2.24, 2.45) is 0 Å². The molecule has 0 aliphatic heterocycles. The molecule has 0 aliphatic carbocycles. The lowest BCUT2D eigenvalue weighted by Crippen LogP contribution is -2.00. The predicted molar refractivity (Wildman–Crippen MR) is 72.9 cm³/mol. The van der Waals surface area contributed by atoms with Crippen molar-refractivity contribution in [3.8, 4) is 0 Å². The van der Waals surface area contributed by atoms with E-state index in [1.165, 1.54) is 0 Å². The predicted octanol–water partition coefficient (Wildman–Crippen LogP) is 4.36. The lowest BCUT2D eigenvalue weighted by Gasteiger charge is -2.11. The third-order valence-corrected chi connectivity index (χ3v) is 3.40. The Kier molecular flexibility index (Phi) is 3.52. The lowest BCUT2D eigenvalue weighted by atomic mass is 10.2. The Balaban J connectivity index is 2.36. The van der Waals surface area contributed by atoms with Gasteiger partial charge >= 0.3 is 0 Å². The van der Waals surface area contributed by atoms with Gasteiger partial charge in [-0.15, -0.1) is 0 Å². The molecule has 0 amide bonds. The molecule has 0 aromatic heterocycles. The summed E-state index contributed by atoms with van der Waals surface area (Å²) in [6.45, 7) is 1.95. The maximum absolute atomic E-state index is 13.3. The second-order valence-corrected chi connectivity index (χ2v) is 4.79. The number of nitrogens with one attached hydrogen (secondary N) is 1. The van der Waals surface area contributed by atoms with Gasteiger partial charge in [0.05, 0.1) is 11.4 Å². The number of hydrogen-bond donors (Lipinski definition) is 2. The molecule has 0 radical (unpaired) electrons. The van der Waals surface area contributed by atoms with Crippen LogP contribution in [0, 0.1) is 18.6 Å². The van der Waals surface area contributed by atoms with E-state index in [0.29, 0.717) is 5.69 Å². The van der Waals surface area contributed by atoms with Crippen molar-refractivity contribution >= 4 is 33.0 Å². The van der Waals surface area contributed by atoms with Crippen LogP contribution in [0.25, 0.3) is 0 Å². The maximum atomic E-state index is 13.3. The van der Waals surface area contributed by atoms with Gasteiger partial charge in [-0.1, -0.05) is 22.0 Å². The van der Waals surface area contributed by atoms with Gasteiger partial charge in [-0.2, -0.15) is 0 Å².